The highest BCUT2D eigenvalue weighted by Gasteiger charge is 2.04. The maximum Gasteiger partial charge on any atom is 0.138 e. The van der Waals surface area contributed by atoms with Gasteiger partial charge < -0.3 is 9.72 Å². The van der Waals surface area contributed by atoms with E-state index < -0.39 is 0 Å². The number of nitrogens with one attached hydrogen (secondary N) is 1. The van der Waals surface area contributed by atoms with Crippen molar-refractivity contribution in [3.8, 4) is 0 Å². The largest absolute Gasteiger partial charge is 0.311 e. The highest BCUT2D eigenvalue weighted by molar-refractivity contribution is 9.10. The number of fused-ring (bicyclic) bond motifs is 1. The van der Waals surface area contributed by atoms with Gasteiger partial charge in [-0.25, -0.2) is 4.98 Å². The average Bonchev–Trinajstić information content (AvgIpc) is 2.99. The van der Waals surface area contributed by atoms with Gasteiger partial charge in [0.1, 0.15) is 5.65 Å². The van der Waals surface area contributed by atoms with Crippen LogP contribution < -0.4 is 5.32 Å². The molecule has 5 nitrogen and oxygen atoms in total. The fourth-order valence-corrected chi connectivity index (χ4v) is 2.65. The van der Waals surface area contributed by atoms with Gasteiger partial charge in [-0.3, -0.25) is 4.68 Å². The monoisotopic (exact) mass is 347 g/mol. The van der Waals surface area contributed by atoms with Crippen molar-refractivity contribution in [1.29, 1.82) is 0 Å². The molecule has 0 amide bonds. The Bertz CT molecular complexity index is 739. The fourth-order valence-electron chi connectivity index (χ4n) is 2.33. The second-order valence-electron chi connectivity index (χ2n) is 5.15. The Morgan fingerprint density at radius 3 is 2.95 bits per heavy atom. The SMILES string of the molecule is Cc1cc(CCNCc2cnc3cc(Br)ccn23)nn1C. The molecule has 3 rings (SSSR count). The molecule has 0 fully saturated rings. The molecule has 0 spiro atoms. The first-order chi connectivity index (χ1) is 10.1. The number of halogens is 1. The predicted molar refractivity (Wildman–Crippen MR) is 86.2 cm³/mol. The van der Waals surface area contributed by atoms with Gasteiger partial charge in [-0.05, 0) is 25.1 Å². The summed E-state index contributed by atoms with van der Waals surface area (Å²) in [6.45, 7) is 3.77. The first kappa shape index (κ1) is 14.3. The molecule has 110 valence electrons. The van der Waals surface area contributed by atoms with Crippen molar-refractivity contribution in [3.63, 3.8) is 0 Å². The van der Waals surface area contributed by atoms with Gasteiger partial charge in [-0.1, -0.05) is 15.9 Å². The Balaban J connectivity index is 1.57. The molecular formula is C15H18BrN5. The third-order valence-electron chi connectivity index (χ3n) is 3.58. The van der Waals surface area contributed by atoms with Crippen LogP contribution >= 0.6 is 15.9 Å². The van der Waals surface area contributed by atoms with Gasteiger partial charge >= 0.3 is 0 Å². The van der Waals surface area contributed by atoms with Crippen LogP contribution in [0.15, 0.2) is 35.1 Å². The van der Waals surface area contributed by atoms with Crippen LogP contribution in [-0.2, 0) is 20.0 Å². The molecule has 1 N–H and O–H groups in total. The lowest BCUT2D eigenvalue weighted by Gasteiger charge is -2.04. The summed E-state index contributed by atoms with van der Waals surface area (Å²) in [4.78, 5) is 4.41. The molecule has 0 saturated heterocycles. The molecule has 6 heteroatoms. The van der Waals surface area contributed by atoms with E-state index in [1.165, 1.54) is 5.69 Å². The number of aryl methyl sites for hydroxylation is 2. The summed E-state index contributed by atoms with van der Waals surface area (Å²) in [6.07, 6.45) is 4.88. The van der Waals surface area contributed by atoms with Crippen molar-refractivity contribution in [2.45, 2.75) is 19.9 Å². The van der Waals surface area contributed by atoms with Crippen molar-refractivity contribution in [3.05, 3.63) is 52.1 Å². The summed E-state index contributed by atoms with van der Waals surface area (Å²) >= 11 is 3.46. The minimum Gasteiger partial charge on any atom is -0.311 e. The van der Waals surface area contributed by atoms with E-state index in [4.69, 9.17) is 0 Å². The number of hydrogen-bond donors (Lipinski definition) is 1. The molecule has 0 bridgehead atoms. The Morgan fingerprint density at radius 2 is 2.19 bits per heavy atom. The van der Waals surface area contributed by atoms with Gasteiger partial charge in [0.25, 0.3) is 0 Å². The first-order valence-corrected chi connectivity index (χ1v) is 7.74. The normalized spacial score (nSPS) is 11.4. The van der Waals surface area contributed by atoms with E-state index in [0.29, 0.717) is 0 Å². The van der Waals surface area contributed by atoms with Gasteiger partial charge in [-0.2, -0.15) is 5.10 Å². The average molecular weight is 348 g/mol. The van der Waals surface area contributed by atoms with E-state index in [1.54, 1.807) is 0 Å². The molecule has 3 heterocycles. The second kappa shape index (κ2) is 5.99. The number of nitrogens with zero attached hydrogens (tertiary/aromatic N) is 4. The Labute approximate surface area is 132 Å². The molecule has 3 aromatic rings. The quantitative estimate of drug-likeness (QED) is 0.721. The van der Waals surface area contributed by atoms with Crippen LogP contribution in [-0.4, -0.2) is 25.7 Å². The predicted octanol–water partition coefficient (Wildman–Crippen LogP) is 2.47. The smallest absolute Gasteiger partial charge is 0.138 e. The number of hydrogen-bond acceptors (Lipinski definition) is 3. The minimum atomic E-state index is 0.800. The molecule has 0 aliphatic rings. The summed E-state index contributed by atoms with van der Waals surface area (Å²) < 4.78 is 5.06. The second-order valence-corrected chi connectivity index (χ2v) is 6.07. The van der Waals surface area contributed by atoms with Crippen LogP contribution in [0.2, 0.25) is 0 Å². The number of imidazole rings is 1. The summed E-state index contributed by atoms with van der Waals surface area (Å²) in [5.41, 5.74) is 4.44. The van der Waals surface area contributed by atoms with E-state index in [9.17, 15) is 0 Å². The standard InChI is InChI=1S/C15H18BrN5/c1-11-7-13(19-20(11)2)3-5-17-9-14-10-18-15-8-12(16)4-6-21(14)15/h4,6-8,10,17H,3,5,9H2,1-2H3. The Hall–Kier alpha value is -1.66. The van der Waals surface area contributed by atoms with Crippen LogP contribution in [0, 0.1) is 6.92 Å². The molecule has 21 heavy (non-hydrogen) atoms. The number of rotatable bonds is 5. The third kappa shape index (κ3) is 3.16. The van der Waals surface area contributed by atoms with Crippen molar-refractivity contribution in [2.24, 2.45) is 7.05 Å². The van der Waals surface area contributed by atoms with Crippen LogP contribution in [0.1, 0.15) is 17.1 Å². The molecule has 0 saturated carbocycles. The van der Waals surface area contributed by atoms with Gasteiger partial charge in [0.15, 0.2) is 0 Å². The topological polar surface area (TPSA) is 47.1 Å². The fraction of sp³-hybridized carbons (Fsp3) is 0.333. The molecule has 3 aromatic heterocycles. The van der Waals surface area contributed by atoms with Crippen molar-refractivity contribution in [2.75, 3.05) is 6.54 Å². The molecule has 0 unspecified atom stereocenters. The van der Waals surface area contributed by atoms with Crippen LogP contribution in [0.3, 0.4) is 0 Å². The zero-order valence-electron chi connectivity index (χ0n) is 12.2. The highest BCUT2D eigenvalue weighted by atomic mass is 79.9. The van der Waals surface area contributed by atoms with E-state index in [1.807, 2.05) is 36.3 Å². The maximum atomic E-state index is 4.46. The van der Waals surface area contributed by atoms with Crippen LogP contribution in [0.4, 0.5) is 0 Å². The van der Waals surface area contributed by atoms with Gasteiger partial charge in [0.2, 0.25) is 0 Å². The molecule has 0 aliphatic heterocycles. The summed E-state index contributed by atoms with van der Waals surface area (Å²) in [6, 6.07) is 6.17. The molecular weight excluding hydrogens is 330 g/mol. The lowest BCUT2D eigenvalue weighted by molar-refractivity contribution is 0.652. The number of aromatic nitrogens is 4. The molecule has 0 aromatic carbocycles. The highest BCUT2D eigenvalue weighted by Crippen LogP contribution is 2.13. The zero-order chi connectivity index (χ0) is 14.8. The molecule has 0 radical (unpaired) electrons. The van der Waals surface area contributed by atoms with Crippen molar-refractivity contribution < 1.29 is 0 Å². The summed E-state index contributed by atoms with van der Waals surface area (Å²) in [5, 5.41) is 7.91. The van der Waals surface area contributed by atoms with Crippen LogP contribution in [0.25, 0.3) is 5.65 Å². The minimum absolute atomic E-state index is 0.800. The lowest BCUT2D eigenvalue weighted by Crippen LogP contribution is -2.18. The Kier molecular flexibility index (Phi) is 4.07. The first-order valence-electron chi connectivity index (χ1n) is 6.95. The van der Waals surface area contributed by atoms with E-state index in [2.05, 4.69) is 48.7 Å². The van der Waals surface area contributed by atoms with E-state index in [-0.39, 0.29) is 0 Å². The lowest BCUT2D eigenvalue weighted by atomic mass is 10.3. The van der Waals surface area contributed by atoms with Crippen molar-refractivity contribution in [1.82, 2.24) is 24.5 Å². The molecule has 0 atom stereocenters. The van der Waals surface area contributed by atoms with E-state index >= 15 is 0 Å². The van der Waals surface area contributed by atoms with Gasteiger partial charge in [-0.15, -0.1) is 0 Å². The van der Waals surface area contributed by atoms with Gasteiger partial charge in [0.05, 0.1) is 17.6 Å². The summed E-state index contributed by atoms with van der Waals surface area (Å²) in [7, 11) is 1.98. The Morgan fingerprint density at radius 1 is 1.33 bits per heavy atom. The van der Waals surface area contributed by atoms with Gasteiger partial charge in [0, 0.05) is 42.9 Å². The maximum absolute atomic E-state index is 4.46. The zero-order valence-corrected chi connectivity index (χ0v) is 13.8. The third-order valence-corrected chi connectivity index (χ3v) is 4.07. The number of pyridine rings is 1. The van der Waals surface area contributed by atoms with E-state index in [0.717, 1.165) is 41.0 Å². The molecule has 0 aliphatic carbocycles. The van der Waals surface area contributed by atoms with Crippen molar-refractivity contribution >= 4 is 21.6 Å². The van der Waals surface area contributed by atoms with Crippen LogP contribution in [0.5, 0.6) is 0 Å². The summed E-state index contributed by atoms with van der Waals surface area (Å²) in [5.74, 6) is 0.